The number of carbonyl (C=O) groups is 1. The Labute approximate surface area is 144 Å². The van der Waals surface area contributed by atoms with Crippen molar-refractivity contribution >= 4 is 27.5 Å². The summed E-state index contributed by atoms with van der Waals surface area (Å²) in [5, 5.41) is 0. The third-order valence-corrected chi connectivity index (χ3v) is 5.97. The van der Waals surface area contributed by atoms with Crippen LogP contribution in [0.5, 0.6) is 0 Å². The van der Waals surface area contributed by atoms with E-state index in [-0.39, 0.29) is 23.5 Å². The molecule has 6 heteroatoms. The zero-order valence-electron chi connectivity index (χ0n) is 14.6. The lowest BCUT2D eigenvalue weighted by molar-refractivity contribution is -0.127. The molecule has 1 atom stereocenters. The van der Waals surface area contributed by atoms with Gasteiger partial charge in [0.2, 0.25) is 5.91 Å². The maximum atomic E-state index is 12.5. The summed E-state index contributed by atoms with van der Waals surface area (Å²) >= 11 is 0. The van der Waals surface area contributed by atoms with Crippen LogP contribution >= 0.6 is 0 Å². The van der Waals surface area contributed by atoms with E-state index in [1.807, 2.05) is 50.2 Å². The third-order valence-electron chi connectivity index (χ3n) is 4.22. The first-order chi connectivity index (χ1) is 11.3. The molecule has 0 bridgehead atoms. The van der Waals surface area contributed by atoms with Gasteiger partial charge in [-0.2, -0.15) is 0 Å². The summed E-state index contributed by atoms with van der Waals surface area (Å²) in [5.74, 6) is 0.154. The highest BCUT2D eigenvalue weighted by Gasteiger charge is 2.33. The van der Waals surface area contributed by atoms with Gasteiger partial charge in [0.05, 0.1) is 11.5 Å². The standard InChI is InChI=1S/C18H26N2O3S/c1-4-12-20(17-11-13-24(22,23)14-17)18(21)10-7-15-5-8-16(9-6-15)19(2)3/h5-10,17H,4,11-14H2,1-3H3/b10-7+/t17-/m0/s1. The van der Waals surface area contributed by atoms with Crippen LogP contribution in [0, 0.1) is 0 Å². The fourth-order valence-corrected chi connectivity index (χ4v) is 4.61. The van der Waals surface area contributed by atoms with Crippen LogP contribution in [-0.4, -0.2) is 57.4 Å². The summed E-state index contributed by atoms with van der Waals surface area (Å²) < 4.78 is 23.4. The Morgan fingerprint density at radius 1 is 1.25 bits per heavy atom. The van der Waals surface area contributed by atoms with Crippen LogP contribution in [0.3, 0.4) is 0 Å². The van der Waals surface area contributed by atoms with Crippen molar-refractivity contribution in [3.63, 3.8) is 0 Å². The smallest absolute Gasteiger partial charge is 0.246 e. The first-order valence-corrected chi connectivity index (χ1v) is 10.1. The molecular formula is C18H26N2O3S. The van der Waals surface area contributed by atoms with Crippen LogP contribution < -0.4 is 4.90 Å². The fraction of sp³-hybridized carbons (Fsp3) is 0.500. The van der Waals surface area contributed by atoms with Gasteiger partial charge in [-0.3, -0.25) is 4.79 Å². The minimum absolute atomic E-state index is 0.0874. The highest BCUT2D eigenvalue weighted by Crippen LogP contribution is 2.19. The summed E-state index contributed by atoms with van der Waals surface area (Å²) in [5.41, 5.74) is 2.05. The van der Waals surface area contributed by atoms with E-state index in [4.69, 9.17) is 0 Å². The molecule has 0 spiro atoms. The van der Waals surface area contributed by atoms with Crippen LogP contribution in [0.1, 0.15) is 25.3 Å². The van der Waals surface area contributed by atoms with Crippen molar-refractivity contribution in [3.8, 4) is 0 Å². The van der Waals surface area contributed by atoms with Gasteiger partial charge < -0.3 is 9.80 Å². The first-order valence-electron chi connectivity index (χ1n) is 8.29. The van der Waals surface area contributed by atoms with Crippen LogP contribution in [-0.2, 0) is 14.6 Å². The quantitative estimate of drug-likeness (QED) is 0.738. The molecule has 1 aromatic rings. The van der Waals surface area contributed by atoms with E-state index in [9.17, 15) is 13.2 Å². The fourth-order valence-electron chi connectivity index (χ4n) is 2.88. The van der Waals surface area contributed by atoms with E-state index in [0.29, 0.717) is 13.0 Å². The molecule has 1 heterocycles. The molecule has 0 aromatic heterocycles. The Hall–Kier alpha value is -1.82. The topological polar surface area (TPSA) is 57.7 Å². The van der Waals surface area contributed by atoms with Gasteiger partial charge in [0, 0.05) is 38.4 Å². The summed E-state index contributed by atoms with van der Waals surface area (Å²) in [6, 6.07) is 7.73. The zero-order chi connectivity index (χ0) is 17.7. The highest BCUT2D eigenvalue weighted by molar-refractivity contribution is 7.91. The summed E-state index contributed by atoms with van der Waals surface area (Å²) in [4.78, 5) is 16.2. The van der Waals surface area contributed by atoms with Crippen molar-refractivity contribution in [2.45, 2.75) is 25.8 Å². The van der Waals surface area contributed by atoms with Crippen molar-refractivity contribution in [3.05, 3.63) is 35.9 Å². The van der Waals surface area contributed by atoms with E-state index in [1.165, 1.54) is 0 Å². The maximum Gasteiger partial charge on any atom is 0.246 e. The van der Waals surface area contributed by atoms with Crippen LogP contribution in [0.2, 0.25) is 0 Å². The van der Waals surface area contributed by atoms with Gasteiger partial charge in [-0.15, -0.1) is 0 Å². The highest BCUT2D eigenvalue weighted by atomic mass is 32.2. The van der Waals surface area contributed by atoms with Gasteiger partial charge in [0.25, 0.3) is 0 Å². The predicted octanol–water partition coefficient (Wildman–Crippen LogP) is 2.19. The van der Waals surface area contributed by atoms with E-state index in [1.54, 1.807) is 17.1 Å². The lowest BCUT2D eigenvalue weighted by Crippen LogP contribution is -2.40. The monoisotopic (exact) mass is 350 g/mol. The molecule has 5 nitrogen and oxygen atoms in total. The molecule has 2 rings (SSSR count). The second-order valence-electron chi connectivity index (χ2n) is 6.41. The van der Waals surface area contributed by atoms with Gasteiger partial charge in [-0.25, -0.2) is 8.42 Å². The minimum atomic E-state index is -2.99. The van der Waals surface area contributed by atoms with E-state index in [2.05, 4.69) is 0 Å². The summed E-state index contributed by atoms with van der Waals surface area (Å²) in [6.07, 6.45) is 4.69. The van der Waals surface area contributed by atoms with Gasteiger partial charge in [0.15, 0.2) is 9.84 Å². The van der Waals surface area contributed by atoms with Gasteiger partial charge in [-0.05, 0) is 36.6 Å². The number of sulfone groups is 1. The molecule has 24 heavy (non-hydrogen) atoms. The maximum absolute atomic E-state index is 12.5. The number of amides is 1. The van der Waals surface area contributed by atoms with Crippen molar-refractivity contribution in [2.24, 2.45) is 0 Å². The van der Waals surface area contributed by atoms with Crippen LogP contribution in [0.15, 0.2) is 30.3 Å². The number of carbonyl (C=O) groups excluding carboxylic acids is 1. The number of hydrogen-bond acceptors (Lipinski definition) is 4. The average molecular weight is 350 g/mol. The molecule has 0 aliphatic carbocycles. The molecule has 1 aliphatic rings. The molecule has 0 radical (unpaired) electrons. The van der Waals surface area contributed by atoms with E-state index >= 15 is 0 Å². The Kier molecular flexibility index (Phi) is 6.04. The van der Waals surface area contributed by atoms with E-state index in [0.717, 1.165) is 17.7 Å². The number of nitrogens with zero attached hydrogens (tertiary/aromatic N) is 2. The zero-order valence-corrected chi connectivity index (χ0v) is 15.4. The molecule has 1 fully saturated rings. The summed E-state index contributed by atoms with van der Waals surface area (Å²) in [6.45, 7) is 2.58. The first kappa shape index (κ1) is 18.5. The second kappa shape index (κ2) is 7.83. The van der Waals surface area contributed by atoms with Gasteiger partial charge in [0.1, 0.15) is 0 Å². The van der Waals surface area contributed by atoms with Crippen molar-refractivity contribution in [1.29, 1.82) is 0 Å². The molecule has 1 saturated heterocycles. The Balaban J connectivity index is 2.07. The molecule has 0 saturated carbocycles. The molecule has 0 unspecified atom stereocenters. The molecule has 0 N–H and O–H groups in total. The van der Waals surface area contributed by atoms with Crippen molar-refractivity contribution in [2.75, 3.05) is 37.0 Å². The molecular weight excluding hydrogens is 324 g/mol. The summed E-state index contributed by atoms with van der Waals surface area (Å²) in [7, 11) is 0.963. The Morgan fingerprint density at radius 2 is 1.92 bits per heavy atom. The minimum Gasteiger partial charge on any atom is -0.378 e. The van der Waals surface area contributed by atoms with Crippen LogP contribution in [0.4, 0.5) is 5.69 Å². The molecule has 1 amide bonds. The third kappa shape index (κ3) is 4.84. The number of rotatable bonds is 6. The normalized spacial score (nSPS) is 19.5. The largest absolute Gasteiger partial charge is 0.378 e. The second-order valence-corrected chi connectivity index (χ2v) is 8.64. The van der Waals surface area contributed by atoms with Gasteiger partial charge >= 0.3 is 0 Å². The van der Waals surface area contributed by atoms with E-state index < -0.39 is 9.84 Å². The lowest BCUT2D eigenvalue weighted by Gasteiger charge is -2.26. The predicted molar refractivity (Wildman–Crippen MR) is 98.9 cm³/mol. The number of benzene rings is 1. The Morgan fingerprint density at radius 3 is 2.42 bits per heavy atom. The Bertz CT molecular complexity index is 693. The van der Waals surface area contributed by atoms with Crippen molar-refractivity contribution < 1.29 is 13.2 Å². The lowest BCUT2D eigenvalue weighted by atomic mass is 10.1. The molecule has 1 aromatic carbocycles. The van der Waals surface area contributed by atoms with Crippen LogP contribution in [0.25, 0.3) is 6.08 Å². The average Bonchev–Trinajstić information content (AvgIpc) is 2.90. The van der Waals surface area contributed by atoms with Gasteiger partial charge in [-0.1, -0.05) is 19.1 Å². The molecule has 1 aliphatic heterocycles. The number of hydrogen-bond donors (Lipinski definition) is 0. The van der Waals surface area contributed by atoms with Crippen molar-refractivity contribution in [1.82, 2.24) is 4.90 Å². The SMILES string of the molecule is CCCN(C(=O)/C=C/c1ccc(N(C)C)cc1)[C@H]1CCS(=O)(=O)C1. The number of anilines is 1. The molecule has 132 valence electrons.